The number of hydrogen-bond donors (Lipinski definition) is 2. The molecular formula is C19H26N2O4. The van der Waals surface area contributed by atoms with E-state index in [0.29, 0.717) is 13.1 Å². The zero-order valence-corrected chi connectivity index (χ0v) is 14.6. The van der Waals surface area contributed by atoms with Crippen LogP contribution in [0.2, 0.25) is 0 Å². The summed E-state index contributed by atoms with van der Waals surface area (Å²) < 4.78 is 5.14. The number of ether oxygens (including phenoxy) is 1. The maximum atomic E-state index is 12.5. The van der Waals surface area contributed by atoms with Gasteiger partial charge in [0.1, 0.15) is 5.75 Å². The molecule has 1 atom stereocenters. The molecule has 1 saturated heterocycles. The van der Waals surface area contributed by atoms with Gasteiger partial charge in [-0.2, -0.15) is 0 Å². The normalized spacial score (nSPS) is 26.6. The SMILES string of the molecule is COc1ccc(CN2C[C@@H](C(=O)NC3CCC(O)CC3)CC2=O)cc1. The van der Waals surface area contributed by atoms with Gasteiger partial charge in [0.25, 0.3) is 0 Å². The first-order chi connectivity index (χ1) is 12.0. The quantitative estimate of drug-likeness (QED) is 0.846. The highest BCUT2D eigenvalue weighted by Crippen LogP contribution is 2.23. The van der Waals surface area contributed by atoms with Crippen LogP contribution >= 0.6 is 0 Å². The molecule has 1 aromatic rings. The Morgan fingerprint density at radius 1 is 1.24 bits per heavy atom. The summed E-state index contributed by atoms with van der Waals surface area (Å²) in [4.78, 5) is 26.4. The van der Waals surface area contributed by atoms with Gasteiger partial charge in [-0.3, -0.25) is 9.59 Å². The van der Waals surface area contributed by atoms with Crippen molar-refractivity contribution in [1.82, 2.24) is 10.2 Å². The maximum absolute atomic E-state index is 12.5. The lowest BCUT2D eigenvalue weighted by Gasteiger charge is -2.27. The van der Waals surface area contributed by atoms with E-state index in [2.05, 4.69) is 5.32 Å². The van der Waals surface area contributed by atoms with Crippen LogP contribution in [0.4, 0.5) is 0 Å². The van der Waals surface area contributed by atoms with Crippen LogP contribution in [-0.4, -0.2) is 47.6 Å². The predicted octanol–water partition coefficient (Wildman–Crippen LogP) is 1.46. The number of hydrogen-bond acceptors (Lipinski definition) is 4. The highest BCUT2D eigenvalue weighted by Gasteiger charge is 2.35. The van der Waals surface area contributed by atoms with E-state index >= 15 is 0 Å². The zero-order chi connectivity index (χ0) is 17.8. The number of carbonyl (C=O) groups excluding carboxylic acids is 2. The Morgan fingerprint density at radius 2 is 1.92 bits per heavy atom. The van der Waals surface area contributed by atoms with Crippen LogP contribution in [0.15, 0.2) is 24.3 Å². The second-order valence-electron chi connectivity index (χ2n) is 7.04. The summed E-state index contributed by atoms with van der Waals surface area (Å²) in [5.41, 5.74) is 1.02. The molecule has 1 saturated carbocycles. The highest BCUT2D eigenvalue weighted by atomic mass is 16.5. The Bertz CT molecular complexity index is 608. The standard InChI is InChI=1S/C19H26N2O4/c1-25-17-8-2-13(3-9-17)11-21-12-14(10-18(21)23)19(24)20-15-4-6-16(22)7-5-15/h2-3,8-9,14-16,22H,4-7,10-12H2,1H3,(H,20,24)/t14-,15?,16?/m0/s1. The number of nitrogens with zero attached hydrogens (tertiary/aromatic N) is 1. The lowest BCUT2D eigenvalue weighted by Crippen LogP contribution is -2.42. The number of carbonyl (C=O) groups is 2. The molecule has 0 unspecified atom stereocenters. The summed E-state index contributed by atoms with van der Waals surface area (Å²) in [6.45, 7) is 0.980. The van der Waals surface area contributed by atoms with Crippen molar-refractivity contribution < 1.29 is 19.4 Å². The molecule has 0 radical (unpaired) electrons. The summed E-state index contributed by atoms with van der Waals surface area (Å²) in [6, 6.07) is 7.75. The van der Waals surface area contributed by atoms with Crippen molar-refractivity contribution in [2.75, 3.05) is 13.7 Å². The van der Waals surface area contributed by atoms with Crippen LogP contribution < -0.4 is 10.1 Å². The average Bonchev–Trinajstić information content (AvgIpc) is 2.98. The van der Waals surface area contributed by atoms with Crippen molar-refractivity contribution in [3.8, 4) is 5.75 Å². The predicted molar refractivity (Wildman–Crippen MR) is 92.9 cm³/mol. The van der Waals surface area contributed by atoms with Gasteiger partial charge in [-0.25, -0.2) is 0 Å². The smallest absolute Gasteiger partial charge is 0.225 e. The lowest BCUT2D eigenvalue weighted by atomic mass is 9.92. The van der Waals surface area contributed by atoms with Crippen molar-refractivity contribution in [1.29, 1.82) is 0 Å². The zero-order valence-electron chi connectivity index (χ0n) is 14.6. The molecule has 2 fully saturated rings. The molecule has 1 heterocycles. The summed E-state index contributed by atoms with van der Waals surface area (Å²) >= 11 is 0. The minimum atomic E-state index is -0.280. The molecule has 1 aliphatic heterocycles. The number of methoxy groups -OCH3 is 1. The first-order valence-electron chi connectivity index (χ1n) is 8.94. The topological polar surface area (TPSA) is 78.9 Å². The van der Waals surface area contributed by atoms with Crippen molar-refractivity contribution in [3.05, 3.63) is 29.8 Å². The van der Waals surface area contributed by atoms with E-state index in [1.807, 2.05) is 24.3 Å². The Morgan fingerprint density at radius 3 is 2.56 bits per heavy atom. The van der Waals surface area contributed by atoms with Crippen LogP contribution in [0, 0.1) is 5.92 Å². The minimum absolute atomic E-state index is 0.0232. The third kappa shape index (κ3) is 4.51. The fourth-order valence-corrected chi connectivity index (χ4v) is 3.59. The molecule has 1 aliphatic carbocycles. The number of aliphatic hydroxyl groups excluding tert-OH is 1. The number of benzene rings is 1. The van der Waals surface area contributed by atoms with Crippen molar-refractivity contribution in [2.24, 2.45) is 5.92 Å². The number of rotatable bonds is 5. The van der Waals surface area contributed by atoms with E-state index in [9.17, 15) is 14.7 Å². The summed E-state index contributed by atoms with van der Waals surface area (Å²) in [6.07, 6.45) is 3.13. The number of likely N-dealkylation sites (tertiary alicyclic amines) is 1. The Balaban J connectivity index is 1.51. The van der Waals surface area contributed by atoms with Crippen LogP contribution in [0.5, 0.6) is 5.75 Å². The van der Waals surface area contributed by atoms with Gasteiger partial charge in [0.2, 0.25) is 11.8 Å². The number of aliphatic hydroxyl groups is 1. The second kappa shape index (κ2) is 7.87. The summed E-state index contributed by atoms with van der Waals surface area (Å²) in [5.74, 6) is 0.492. The largest absolute Gasteiger partial charge is 0.497 e. The first-order valence-corrected chi connectivity index (χ1v) is 8.94. The van der Waals surface area contributed by atoms with Crippen molar-refractivity contribution in [3.63, 3.8) is 0 Å². The molecule has 1 aromatic carbocycles. The van der Waals surface area contributed by atoms with E-state index in [1.165, 1.54) is 0 Å². The van der Waals surface area contributed by atoms with E-state index in [-0.39, 0.29) is 36.3 Å². The fourth-order valence-electron chi connectivity index (χ4n) is 3.59. The molecular weight excluding hydrogens is 320 g/mol. The Labute approximate surface area is 148 Å². The van der Waals surface area contributed by atoms with Gasteiger partial charge in [-0.05, 0) is 43.4 Å². The van der Waals surface area contributed by atoms with Crippen molar-refractivity contribution in [2.45, 2.75) is 50.8 Å². The third-order valence-electron chi connectivity index (χ3n) is 5.16. The van der Waals surface area contributed by atoms with Gasteiger partial charge in [0.05, 0.1) is 19.1 Å². The van der Waals surface area contributed by atoms with Gasteiger partial charge in [-0.15, -0.1) is 0 Å². The van der Waals surface area contributed by atoms with Gasteiger partial charge in [-0.1, -0.05) is 12.1 Å². The van der Waals surface area contributed by atoms with E-state index in [0.717, 1.165) is 37.0 Å². The molecule has 2 N–H and O–H groups in total. The van der Waals surface area contributed by atoms with Gasteiger partial charge in [0, 0.05) is 25.6 Å². The average molecular weight is 346 g/mol. The number of nitrogens with one attached hydrogen (secondary N) is 1. The van der Waals surface area contributed by atoms with E-state index < -0.39 is 0 Å². The molecule has 2 amide bonds. The first kappa shape index (κ1) is 17.7. The van der Waals surface area contributed by atoms with Crippen LogP contribution in [-0.2, 0) is 16.1 Å². The van der Waals surface area contributed by atoms with Crippen molar-refractivity contribution >= 4 is 11.8 Å². The molecule has 25 heavy (non-hydrogen) atoms. The van der Waals surface area contributed by atoms with Crippen LogP contribution in [0.3, 0.4) is 0 Å². The number of amides is 2. The van der Waals surface area contributed by atoms with Gasteiger partial charge in [0.15, 0.2) is 0 Å². The molecule has 6 nitrogen and oxygen atoms in total. The molecule has 0 spiro atoms. The fraction of sp³-hybridized carbons (Fsp3) is 0.579. The van der Waals surface area contributed by atoms with E-state index in [1.54, 1.807) is 12.0 Å². The molecule has 0 bridgehead atoms. The summed E-state index contributed by atoms with van der Waals surface area (Å²) in [7, 11) is 1.62. The Kier molecular flexibility index (Phi) is 5.58. The van der Waals surface area contributed by atoms with Crippen LogP contribution in [0.1, 0.15) is 37.7 Å². The van der Waals surface area contributed by atoms with Gasteiger partial charge >= 0.3 is 0 Å². The molecule has 3 rings (SSSR count). The molecule has 6 heteroatoms. The molecule has 2 aliphatic rings. The van der Waals surface area contributed by atoms with E-state index in [4.69, 9.17) is 4.74 Å². The second-order valence-corrected chi connectivity index (χ2v) is 7.04. The highest BCUT2D eigenvalue weighted by molar-refractivity contribution is 5.89. The molecule has 0 aromatic heterocycles. The summed E-state index contributed by atoms with van der Waals surface area (Å²) in [5, 5.41) is 12.6. The van der Waals surface area contributed by atoms with Gasteiger partial charge < -0.3 is 20.1 Å². The lowest BCUT2D eigenvalue weighted by molar-refractivity contribution is -0.129. The minimum Gasteiger partial charge on any atom is -0.497 e. The van der Waals surface area contributed by atoms with Crippen LogP contribution in [0.25, 0.3) is 0 Å². The monoisotopic (exact) mass is 346 g/mol. The Hall–Kier alpha value is -2.08. The maximum Gasteiger partial charge on any atom is 0.225 e. The third-order valence-corrected chi connectivity index (χ3v) is 5.16. The molecule has 136 valence electrons.